The Hall–Kier alpha value is 0.130. The van der Waals surface area contributed by atoms with Gasteiger partial charge in [0.1, 0.15) is 6.10 Å². The predicted octanol–water partition coefficient (Wildman–Crippen LogP) is 2.04. The van der Waals surface area contributed by atoms with Gasteiger partial charge in [-0.05, 0) is 32.1 Å². The Bertz CT molecular complexity index is 323. The second-order valence-electron chi connectivity index (χ2n) is 6.81. The van der Waals surface area contributed by atoms with E-state index in [2.05, 4.69) is 19.1 Å². The van der Waals surface area contributed by atoms with Gasteiger partial charge in [-0.2, -0.15) is 0 Å². The maximum Gasteiger partial charge on any atom is 1.00 e. The molecule has 150 valence electrons. The van der Waals surface area contributed by atoms with E-state index in [1.807, 2.05) is 0 Å². The molecule has 0 saturated heterocycles. The van der Waals surface area contributed by atoms with Crippen LogP contribution in [0.3, 0.4) is 0 Å². The first kappa shape index (κ1) is 28.3. The van der Waals surface area contributed by atoms with E-state index in [9.17, 15) is 4.79 Å². The molecule has 0 aromatic rings. The summed E-state index contributed by atoms with van der Waals surface area (Å²) in [6.07, 6.45) is 20.2. The summed E-state index contributed by atoms with van der Waals surface area (Å²) in [5, 5.41) is 17.7. The number of carbonyl (C=O) groups is 1. The van der Waals surface area contributed by atoms with Crippen molar-refractivity contribution in [3.63, 3.8) is 0 Å². The van der Waals surface area contributed by atoms with E-state index in [4.69, 9.17) is 14.9 Å². The summed E-state index contributed by atoms with van der Waals surface area (Å²) in [7, 11) is 0. The maximum absolute atomic E-state index is 11.5. The molecule has 0 aliphatic heterocycles. The van der Waals surface area contributed by atoms with Gasteiger partial charge in [-0.15, -0.1) is 0 Å². The van der Waals surface area contributed by atoms with Crippen molar-refractivity contribution in [1.82, 2.24) is 0 Å². The molecule has 4 nitrogen and oxygen atoms in total. The minimum Gasteiger partial charge on any atom is -1.00 e. The first-order valence-corrected chi connectivity index (χ1v) is 10.3. The fourth-order valence-electron chi connectivity index (χ4n) is 2.72. The number of carbonyl (C=O) groups excluding carboxylic acids is 1. The first-order chi connectivity index (χ1) is 12.2. The Morgan fingerprint density at radius 3 is 1.81 bits per heavy atom. The Morgan fingerprint density at radius 1 is 0.846 bits per heavy atom. The number of allylic oxidation sites excluding steroid dienone is 2. The van der Waals surface area contributed by atoms with E-state index in [0.717, 1.165) is 25.7 Å². The Morgan fingerprint density at radius 2 is 1.31 bits per heavy atom. The van der Waals surface area contributed by atoms with Crippen molar-refractivity contribution in [2.75, 3.05) is 13.2 Å². The zero-order valence-electron chi connectivity index (χ0n) is 18.3. The van der Waals surface area contributed by atoms with Crippen LogP contribution in [0.2, 0.25) is 0 Å². The molecular formula is C21H41NaO4. The minimum absolute atomic E-state index is 0. The monoisotopic (exact) mass is 380 g/mol. The SMILES string of the molecule is CCCCCCCC/C=C\CCCCCCCC(=O)OC(CO)CO.[H-].[Na+]. The number of ether oxygens (including phenoxy) is 1. The molecule has 0 heterocycles. The molecule has 0 radical (unpaired) electrons. The van der Waals surface area contributed by atoms with Crippen molar-refractivity contribution in [1.29, 1.82) is 0 Å². The van der Waals surface area contributed by atoms with Crippen molar-refractivity contribution in [3.05, 3.63) is 12.2 Å². The smallest absolute Gasteiger partial charge is 1.00 e. The third-order valence-electron chi connectivity index (χ3n) is 4.35. The molecule has 26 heavy (non-hydrogen) atoms. The summed E-state index contributed by atoms with van der Waals surface area (Å²) in [5.74, 6) is -0.328. The van der Waals surface area contributed by atoms with Crippen molar-refractivity contribution in [3.8, 4) is 0 Å². The molecule has 0 amide bonds. The molecule has 2 N–H and O–H groups in total. The predicted molar refractivity (Wildman–Crippen MR) is 105 cm³/mol. The third kappa shape index (κ3) is 20.4. The van der Waals surface area contributed by atoms with Gasteiger partial charge in [0.05, 0.1) is 13.2 Å². The molecular weight excluding hydrogens is 339 g/mol. The van der Waals surface area contributed by atoms with Gasteiger partial charge >= 0.3 is 35.5 Å². The molecule has 0 aliphatic rings. The van der Waals surface area contributed by atoms with Crippen LogP contribution in [0.5, 0.6) is 0 Å². The van der Waals surface area contributed by atoms with Gasteiger partial charge in [-0.3, -0.25) is 4.79 Å². The normalized spacial score (nSPS) is 11.1. The van der Waals surface area contributed by atoms with Gasteiger partial charge in [0, 0.05) is 6.42 Å². The molecule has 5 heteroatoms. The average molecular weight is 381 g/mol. The van der Waals surface area contributed by atoms with Crippen LogP contribution in [0.1, 0.15) is 98.2 Å². The maximum atomic E-state index is 11.5. The van der Waals surface area contributed by atoms with Crippen LogP contribution < -0.4 is 29.6 Å². The molecule has 0 aromatic carbocycles. The number of hydrogen-bond donors (Lipinski definition) is 2. The number of unbranched alkanes of at least 4 members (excludes halogenated alkanes) is 11. The molecule has 0 rings (SSSR count). The number of aliphatic hydroxyl groups excluding tert-OH is 2. The van der Waals surface area contributed by atoms with Crippen LogP contribution in [0.15, 0.2) is 12.2 Å². The van der Waals surface area contributed by atoms with Gasteiger partial charge < -0.3 is 16.4 Å². The van der Waals surface area contributed by atoms with Gasteiger partial charge in [-0.25, -0.2) is 0 Å². The Balaban J connectivity index is -0.00000288. The summed E-state index contributed by atoms with van der Waals surface area (Å²) in [4.78, 5) is 11.5. The number of rotatable bonds is 18. The number of hydrogen-bond acceptors (Lipinski definition) is 4. The molecule has 0 aromatic heterocycles. The van der Waals surface area contributed by atoms with Gasteiger partial charge in [0.15, 0.2) is 0 Å². The standard InChI is InChI=1S/C21H40O4.Na.H/c1-2-3-4-5-6-7-8-9-10-11-12-13-14-15-16-17-21(24)25-20(18-22)19-23;;/h9-10,20,22-23H,2-8,11-19H2,1H3;;/q;+1;-1/b10-9-;;. The van der Waals surface area contributed by atoms with E-state index in [-0.39, 0.29) is 50.2 Å². The Labute approximate surface area is 184 Å². The second-order valence-corrected chi connectivity index (χ2v) is 6.81. The second kappa shape index (κ2) is 23.2. The molecule has 0 saturated carbocycles. The fourth-order valence-corrected chi connectivity index (χ4v) is 2.72. The quantitative estimate of drug-likeness (QED) is 0.165. The molecule has 0 aliphatic carbocycles. The number of esters is 1. The van der Waals surface area contributed by atoms with E-state index in [0.29, 0.717) is 6.42 Å². The van der Waals surface area contributed by atoms with E-state index in [1.54, 1.807) is 0 Å². The molecule has 0 unspecified atom stereocenters. The third-order valence-corrected chi connectivity index (χ3v) is 4.35. The average Bonchev–Trinajstić information content (AvgIpc) is 2.62. The zero-order valence-corrected chi connectivity index (χ0v) is 19.3. The van der Waals surface area contributed by atoms with Crippen LogP contribution in [-0.4, -0.2) is 35.5 Å². The summed E-state index contributed by atoms with van der Waals surface area (Å²) < 4.78 is 4.92. The summed E-state index contributed by atoms with van der Waals surface area (Å²) in [5.41, 5.74) is 0. The van der Waals surface area contributed by atoms with Gasteiger partial charge in [0.2, 0.25) is 0 Å². The topological polar surface area (TPSA) is 66.8 Å². The van der Waals surface area contributed by atoms with E-state index >= 15 is 0 Å². The summed E-state index contributed by atoms with van der Waals surface area (Å²) in [6.45, 7) is 1.60. The van der Waals surface area contributed by atoms with Crippen molar-refractivity contribution < 1.29 is 50.7 Å². The van der Waals surface area contributed by atoms with Crippen molar-refractivity contribution in [2.24, 2.45) is 0 Å². The summed E-state index contributed by atoms with van der Waals surface area (Å²) in [6, 6.07) is 0. The van der Waals surface area contributed by atoms with Crippen LogP contribution in [0, 0.1) is 0 Å². The van der Waals surface area contributed by atoms with Crippen LogP contribution in [0.4, 0.5) is 0 Å². The summed E-state index contributed by atoms with van der Waals surface area (Å²) >= 11 is 0. The molecule has 0 bridgehead atoms. The minimum atomic E-state index is -0.768. The fraction of sp³-hybridized carbons (Fsp3) is 0.857. The largest absolute Gasteiger partial charge is 1.00 e. The van der Waals surface area contributed by atoms with Crippen LogP contribution in [0.25, 0.3) is 0 Å². The van der Waals surface area contributed by atoms with Gasteiger partial charge in [-0.1, -0.05) is 70.4 Å². The van der Waals surface area contributed by atoms with Gasteiger partial charge in [0.25, 0.3) is 0 Å². The van der Waals surface area contributed by atoms with Crippen LogP contribution >= 0.6 is 0 Å². The molecule has 0 atom stereocenters. The molecule has 0 fully saturated rings. The first-order valence-electron chi connectivity index (χ1n) is 10.3. The van der Waals surface area contributed by atoms with Crippen molar-refractivity contribution in [2.45, 2.75) is 103 Å². The number of aliphatic hydroxyl groups is 2. The van der Waals surface area contributed by atoms with E-state index in [1.165, 1.54) is 57.8 Å². The van der Waals surface area contributed by atoms with E-state index < -0.39 is 6.10 Å². The zero-order chi connectivity index (χ0) is 18.6. The Kier molecular flexibility index (Phi) is 25.3. The molecule has 0 spiro atoms. The van der Waals surface area contributed by atoms with Crippen LogP contribution in [-0.2, 0) is 9.53 Å². The van der Waals surface area contributed by atoms with Crippen molar-refractivity contribution >= 4 is 5.97 Å².